The summed E-state index contributed by atoms with van der Waals surface area (Å²) in [6.45, 7) is 5.47. The van der Waals surface area contributed by atoms with Crippen molar-refractivity contribution in [1.82, 2.24) is 0 Å². The number of rotatable bonds is 4. The zero-order valence-corrected chi connectivity index (χ0v) is 11.0. The fourth-order valence-electron chi connectivity index (χ4n) is 1.89. The Kier molecular flexibility index (Phi) is 3.18. The summed E-state index contributed by atoms with van der Waals surface area (Å²) < 4.78 is 5.47. The van der Waals surface area contributed by atoms with Crippen LogP contribution in [0.2, 0.25) is 0 Å². The van der Waals surface area contributed by atoms with Crippen molar-refractivity contribution in [2.24, 2.45) is 0 Å². The topological polar surface area (TPSA) is 45.4 Å². The average molecular weight is 245 g/mol. The first-order valence-electron chi connectivity index (χ1n) is 6.03. The molecule has 18 heavy (non-hydrogen) atoms. The quantitative estimate of drug-likeness (QED) is 0.868. The molecule has 0 amide bonds. The summed E-state index contributed by atoms with van der Waals surface area (Å²) in [5, 5.41) is 13.8. The number of hydrogen-bond acceptors (Lipinski definition) is 3. The Morgan fingerprint density at radius 1 is 1.00 bits per heavy atom. The van der Waals surface area contributed by atoms with Crippen LogP contribution in [-0.4, -0.2) is 10.7 Å². The second kappa shape index (κ2) is 4.50. The van der Waals surface area contributed by atoms with E-state index < -0.39 is 11.1 Å². The molecule has 1 aromatic carbocycles. The summed E-state index contributed by atoms with van der Waals surface area (Å²) >= 11 is 0. The highest BCUT2D eigenvalue weighted by molar-refractivity contribution is 5.47. The van der Waals surface area contributed by atoms with Crippen molar-refractivity contribution in [3.63, 3.8) is 0 Å². The molecule has 2 rings (SSSR count). The highest BCUT2D eigenvalue weighted by Crippen LogP contribution is 2.36. The van der Waals surface area contributed by atoms with Crippen LogP contribution < -0.4 is 5.32 Å². The van der Waals surface area contributed by atoms with Crippen molar-refractivity contribution in [3.8, 4) is 0 Å². The minimum atomic E-state index is -0.972. The van der Waals surface area contributed by atoms with Gasteiger partial charge >= 0.3 is 0 Å². The van der Waals surface area contributed by atoms with Crippen LogP contribution in [0, 0.1) is 0 Å². The lowest BCUT2D eigenvalue weighted by molar-refractivity contribution is 0.00486. The number of anilines is 1. The van der Waals surface area contributed by atoms with E-state index in [1.807, 2.05) is 49.4 Å². The van der Waals surface area contributed by atoms with Gasteiger partial charge in [-0.25, -0.2) is 0 Å². The lowest BCUT2D eigenvalue weighted by atomic mass is 9.81. The second-order valence-corrected chi connectivity index (χ2v) is 5.15. The van der Waals surface area contributed by atoms with Gasteiger partial charge in [0.05, 0.1) is 11.9 Å². The van der Waals surface area contributed by atoms with Gasteiger partial charge in [-0.2, -0.15) is 0 Å². The molecule has 96 valence electrons. The fourth-order valence-corrected chi connectivity index (χ4v) is 1.89. The first kappa shape index (κ1) is 12.7. The molecule has 0 spiro atoms. The number of benzene rings is 1. The number of nitrogens with one attached hydrogen (secondary N) is 1. The molecule has 1 unspecified atom stereocenters. The predicted octanol–water partition coefficient (Wildman–Crippen LogP) is 3.38. The minimum absolute atomic E-state index is 0.697. The van der Waals surface area contributed by atoms with Crippen LogP contribution in [0.3, 0.4) is 0 Å². The van der Waals surface area contributed by atoms with E-state index in [1.54, 1.807) is 20.1 Å². The largest absolute Gasteiger partial charge is 0.467 e. The Morgan fingerprint density at radius 3 is 2.17 bits per heavy atom. The molecular formula is C15H19NO2. The highest BCUT2D eigenvalue weighted by atomic mass is 16.3. The molecule has 2 N–H and O–H groups in total. The Hall–Kier alpha value is -1.74. The molecule has 0 radical (unpaired) electrons. The van der Waals surface area contributed by atoms with E-state index in [2.05, 4.69) is 5.32 Å². The first-order chi connectivity index (χ1) is 8.43. The van der Waals surface area contributed by atoms with Gasteiger partial charge in [0.2, 0.25) is 0 Å². The maximum atomic E-state index is 10.4. The van der Waals surface area contributed by atoms with Crippen LogP contribution in [0.4, 0.5) is 5.69 Å². The number of hydrogen-bond donors (Lipinski definition) is 2. The molecule has 1 aromatic heterocycles. The Balaban J connectivity index is 2.39. The summed E-state index contributed by atoms with van der Waals surface area (Å²) in [7, 11) is 0. The second-order valence-electron chi connectivity index (χ2n) is 5.15. The summed E-state index contributed by atoms with van der Waals surface area (Å²) in [6, 6.07) is 13.5. The van der Waals surface area contributed by atoms with Crippen molar-refractivity contribution >= 4 is 5.69 Å². The Labute approximate surface area is 107 Å². The summed E-state index contributed by atoms with van der Waals surface area (Å²) in [5.74, 6) is 0.707. The zero-order valence-electron chi connectivity index (χ0n) is 11.0. The molecule has 0 saturated carbocycles. The van der Waals surface area contributed by atoms with Crippen molar-refractivity contribution in [3.05, 3.63) is 54.5 Å². The molecular weight excluding hydrogens is 226 g/mol. The lowest BCUT2D eigenvalue weighted by Crippen LogP contribution is -2.50. The lowest BCUT2D eigenvalue weighted by Gasteiger charge is -2.40. The average Bonchev–Trinajstić information content (AvgIpc) is 2.82. The van der Waals surface area contributed by atoms with Gasteiger partial charge in [0.1, 0.15) is 11.3 Å². The van der Waals surface area contributed by atoms with Gasteiger partial charge in [-0.1, -0.05) is 18.2 Å². The van der Waals surface area contributed by atoms with E-state index in [-0.39, 0.29) is 0 Å². The normalized spacial score (nSPS) is 15.1. The SMILES string of the molecule is CC(C)(O)C(C)(Nc1ccccc1)c1ccco1. The third-order valence-electron chi connectivity index (χ3n) is 3.41. The van der Waals surface area contributed by atoms with Crippen molar-refractivity contribution < 1.29 is 9.52 Å². The van der Waals surface area contributed by atoms with E-state index in [9.17, 15) is 5.11 Å². The van der Waals surface area contributed by atoms with Crippen LogP contribution in [0.1, 0.15) is 26.5 Å². The highest BCUT2D eigenvalue weighted by Gasteiger charge is 2.43. The van der Waals surface area contributed by atoms with E-state index in [1.165, 1.54) is 0 Å². The van der Waals surface area contributed by atoms with Gasteiger partial charge in [-0.05, 0) is 45.0 Å². The summed E-state index contributed by atoms with van der Waals surface area (Å²) in [6.07, 6.45) is 1.62. The van der Waals surface area contributed by atoms with Crippen molar-refractivity contribution in [1.29, 1.82) is 0 Å². The number of furan rings is 1. The molecule has 0 aliphatic carbocycles. The van der Waals surface area contributed by atoms with Gasteiger partial charge in [0.15, 0.2) is 0 Å². The molecule has 1 heterocycles. The standard InChI is InChI=1S/C15H19NO2/c1-14(2,17)15(3,13-10-7-11-18-13)16-12-8-5-4-6-9-12/h4-11,16-17H,1-3H3. The molecule has 3 nitrogen and oxygen atoms in total. The fraction of sp³-hybridized carbons (Fsp3) is 0.333. The van der Waals surface area contributed by atoms with Gasteiger partial charge in [-0.15, -0.1) is 0 Å². The molecule has 0 aliphatic rings. The van der Waals surface area contributed by atoms with Gasteiger partial charge < -0.3 is 14.8 Å². The van der Waals surface area contributed by atoms with Crippen molar-refractivity contribution in [2.45, 2.75) is 31.9 Å². The van der Waals surface area contributed by atoms with E-state index in [4.69, 9.17) is 4.42 Å². The zero-order chi connectivity index (χ0) is 13.2. The first-order valence-corrected chi connectivity index (χ1v) is 6.03. The molecule has 3 heteroatoms. The van der Waals surface area contributed by atoms with Gasteiger partial charge in [0.25, 0.3) is 0 Å². The Bertz CT molecular complexity index is 485. The van der Waals surface area contributed by atoms with Crippen LogP contribution in [0.25, 0.3) is 0 Å². The van der Waals surface area contributed by atoms with Crippen molar-refractivity contribution in [2.75, 3.05) is 5.32 Å². The monoisotopic (exact) mass is 245 g/mol. The molecule has 0 saturated heterocycles. The summed E-state index contributed by atoms with van der Waals surface area (Å²) in [4.78, 5) is 0. The molecule has 2 aromatic rings. The maximum Gasteiger partial charge on any atom is 0.131 e. The van der Waals surface area contributed by atoms with Gasteiger partial charge in [-0.3, -0.25) is 0 Å². The minimum Gasteiger partial charge on any atom is -0.467 e. The smallest absolute Gasteiger partial charge is 0.131 e. The molecule has 0 bridgehead atoms. The third kappa shape index (κ3) is 2.27. The van der Waals surface area contributed by atoms with E-state index in [0.717, 1.165) is 5.69 Å². The van der Waals surface area contributed by atoms with E-state index in [0.29, 0.717) is 5.76 Å². The maximum absolute atomic E-state index is 10.4. The molecule has 0 aliphatic heterocycles. The molecule has 0 fully saturated rings. The van der Waals surface area contributed by atoms with Crippen LogP contribution >= 0.6 is 0 Å². The van der Waals surface area contributed by atoms with Crippen LogP contribution in [0.15, 0.2) is 53.1 Å². The van der Waals surface area contributed by atoms with Gasteiger partial charge in [0, 0.05) is 5.69 Å². The third-order valence-corrected chi connectivity index (χ3v) is 3.41. The molecule has 1 atom stereocenters. The predicted molar refractivity (Wildman–Crippen MR) is 72.4 cm³/mol. The van der Waals surface area contributed by atoms with Crippen LogP contribution in [-0.2, 0) is 5.54 Å². The van der Waals surface area contributed by atoms with E-state index >= 15 is 0 Å². The number of aliphatic hydroxyl groups is 1. The Morgan fingerprint density at radius 2 is 1.67 bits per heavy atom. The summed E-state index contributed by atoms with van der Waals surface area (Å²) in [5.41, 5.74) is -0.725. The number of para-hydroxylation sites is 1. The van der Waals surface area contributed by atoms with Crippen LogP contribution in [0.5, 0.6) is 0 Å².